The fourth-order valence-corrected chi connectivity index (χ4v) is 2.15. The third kappa shape index (κ3) is 4.46. The Hall–Kier alpha value is -3.11. The molecule has 0 aliphatic heterocycles. The summed E-state index contributed by atoms with van der Waals surface area (Å²) in [6, 6.07) is 9.48. The summed E-state index contributed by atoms with van der Waals surface area (Å²) in [5, 5.41) is 11.5. The number of nitriles is 1. The summed E-state index contributed by atoms with van der Waals surface area (Å²) in [5.74, 6) is -2.04. The van der Waals surface area contributed by atoms with Crippen molar-refractivity contribution in [1.29, 1.82) is 5.26 Å². The van der Waals surface area contributed by atoms with Crippen LogP contribution in [0.25, 0.3) is 0 Å². The number of halogens is 2. The van der Waals surface area contributed by atoms with Gasteiger partial charge in [-0.15, -0.1) is 0 Å². The van der Waals surface area contributed by atoms with Crippen molar-refractivity contribution in [2.45, 2.75) is 13.0 Å². The Kier molecular flexibility index (Phi) is 5.57. The topological polar surface area (TPSA) is 105 Å². The molecule has 0 spiro atoms. The lowest BCUT2D eigenvalue weighted by atomic mass is 10.2. The molecule has 0 aromatic heterocycles. The molecule has 6 nitrogen and oxygen atoms in total. The van der Waals surface area contributed by atoms with Crippen LogP contribution in [0.15, 0.2) is 36.4 Å². The van der Waals surface area contributed by atoms with Crippen LogP contribution in [0.3, 0.4) is 0 Å². The first-order valence-corrected chi connectivity index (χ1v) is 7.46. The van der Waals surface area contributed by atoms with Crippen LogP contribution >= 0.6 is 11.6 Å². The zero-order chi connectivity index (χ0) is 18.6. The lowest BCUT2D eigenvalue weighted by Gasteiger charge is -2.14. The fourth-order valence-electron chi connectivity index (χ4n) is 1.92. The zero-order valence-electron chi connectivity index (χ0n) is 13.0. The Labute approximate surface area is 148 Å². The van der Waals surface area contributed by atoms with E-state index in [4.69, 9.17) is 27.3 Å². The second-order valence-corrected chi connectivity index (χ2v) is 5.48. The number of carbonyl (C=O) groups is 2. The molecule has 3 N–H and O–H groups in total. The molecule has 128 valence electrons. The third-order valence-corrected chi connectivity index (χ3v) is 3.56. The maximum atomic E-state index is 13.0. The number of hydrogen-bond donors (Lipinski definition) is 2. The molecule has 0 bridgehead atoms. The van der Waals surface area contributed by atoms with E-state index in [0.717, 1.165) is 12.1 Å². The highest BCUT2D eigenvalue weighted by Crippen LogP contribution is 2.21. The van der Waals surface area contributed by atoms with E-state index in [1.54, 1.807) is 0 Å². The molecule has 2 aromatic rings. The average molecular weight is 362 g/mol. The Balaban J connectivity index is 2.04. The number of hydrogen-bond acceptors (Lipinski definition) is 5. The molecule has 0 radical (unpaired) electrons. The lowest BCUT2D eigenvalue weighted by Crippen LogP contribution is -2.30. The highest BCUT2D eigenvalue weighted by atomic mass is 35.5. The first kappa shape index (κ1) is 18.2. The summed E-state index contributed by atoms with van der Waals surface area (Å²) in [6.45, 7) is 1.37. The Morgan fingerprint density at radius 3 is 2.64 bits per heavy atom. The van der Waals surface area contributed by atoms with Crippen LogP contribution in [0, 0.1) is 17.1 Å². The number of nitrogens with one attached hydrogen (secondary N) is 1. The number of benzene rings is 2. The van der Waals surface area contributed by atoms with Gasteiger partial charge in [-0.1, -0.05) is 11.6 Å². The minimum absolute atomic E-state index is 0.0394. The van der Waals surface area contributed by atoms with Gasteiger partial charge in [0, 0.05) is 11.4 Å². The van der Waals surface area contributed by atoms with Crippen molar-refractivity contribution in [3.8, 4) is 6.07 Å². The van der Waals surface area contributed by atoms with Crippen molar-refractivity contribution in [2.75, 3.05) is 11.1 Å². The van der Waals surface area contributed by atoms with Gasteiger partial charge in [0.25, 0.3) is 5.91 Å². The van der Waals surface area contributed by atoms with Gasteiger partial charge in [0.15, 0.2) is 6.10 Å². The van der Waals surface area contributed by atoms with Crippen LogP contribution < -0.4 is 11.1 Å². The minimum atomic E-state index is -1.13. The van der Waals surface area contributed by atoms with E-state index in [9.17, 15) is 14.0 Å². The van der Waals surface area contributed by atoms with E-state index >= 15 is 0 Å². The number of ether oxygens (including phenoxy) is 1. The second kappa shape index (κ2) is 7.64. The highest BCUT2D eigenvalue weighted by Gasteiger charge is 2.21. The van der Waals surface area contributed by atoms with Crippen LogP contribution in [0.5, 0.6) is 0 Å². The standard InChI is InChI=1S/C17H13ClFN3O3/c1-9(25-17(24)13-5-3-11(19)6-15(13)21)16(23)22-12-4-2-10(8-20)14(18)7-12/h2-7,9H,21H2,1H3,(H,22,23)/t9-/m0/s1. The Morgan fingerprint density at radius 2 is 2.04 bits per heavy atom. The molecule has 0 saturated heterocycles. The molecule has 1 atom stereocenters. The van der Waals surface area contributed by atoms with Gasteiger partial charge in [-0.3, -0.25) is 4.79 Å². The van der Waals surface area contributed by atoms with E-state index < -0.39 is 23.8 Å². The van der Waals surface area contributed by atoms with E-state index in [2.05, 4.69) is 5.32 Å². The number of nitrogen functional groups attached to an aromatic ring is 1. The molecule has 2 aromatic carbocycles. The molecule has 8 heteroatoms. The predicted molar refractivity (Wildman–Crippen MR) is 90.5 cm³/mol. The summed E-state index contributed by atoms with van der Waals surface area (Å²) < 4.78 is 18.0. The summed E-state index contributed by atoms with van der Waals surface area (Å²) >= 11 is 5.88. The average Bonchev–Trinajstić information content (AvgIpc) is 2.54. The normalized spacial score (nSPS) is 11.3. The first-order valence-electron chi connectivity index (χ1n) is 7.08. The molecular formula is C17H13ClFN3O3. The van der Waals surface area contributed by atoms with Crippen LogP contribution in [-0.4, -0.2) is 18.0 Å². The number of amides is 1. The molecule has 0 aliphatic rings. The molecule has 0 fully saturated rings. The van der Waals surface area contributed by atoms with Crippen LogP contribution in [0.1, 0.15) is 22.8 Å². The summed E-state index contributed by atoms with van der Waals surface area (Å²) in [6.07, 6.45) is -1.13. The van der Waals surface area contributed by atoms with Gasteiger partial charge in [-0.25, -0.2) is 9.18 Å². The Bertz CT molecular complexity index is 880. The molecule has 0 aliphatic carbocycles. The van der Waals surface area contributed by atoms with Gasteiger partial charge >= 0.3 is 5.97 Å². The van der Waals surface area contributed by atoms with Gasteiger partial charge < -0.3 is 15.8 Å². The number of anilines is 2. The van der Waals surface area contributed by atoms with Crippen molar-refractivity contribution < 1.29 is 18.7 Å². The number of nitrogens with two attached hydrogens (primary N) is 1. The van der Waals surface area contributed by atoms with Gasteiger partial charge in [0.05, 0.1) is 16.1 Å². The maximum Gasteiger partial charge on any atom is 0.341 e. The second-order valence-electron chi connectivity index (χ2n) is 5.07. The summed E-state index contributed by atoms with van der Waals surface area (Å²) in [4.78, 5) is 24.1. The third-order valence-electron chi connectivity index (χ3n) is 3.24. The van der Waals surface area contributed by atoms with Crippen molar-refractivity contribution in [3.05, 3.63) is 58.4 Å². The highest BCUT2D eigenvalue weighted by molar-refractivity contribution is 6.32. The van der Waals surface area contributed by atoms with E-state index in [1.165, 1.54) is 31.2 Å². The monoisotopic (exact) mass is 361 g/mol. The number of carbonyl (C=O) groups excluding carboxylic acids is 2. The molecular weight excluding hydrogens is 349 g/mol. The maximum absolute atomic E-state index is 13.0. The summed E-state index contributed by atoms with van der Waals surface area (Å²) in [5.41, 5.74) is 6.05. The van der Waals surface area contributed by atoms with E-state index in [-0.39, 0.29) is 21.8 Å². The van der Waals surface area contributed by atoms with Gasteiger partial charge in [0.1, 0.15) is 11.9 Å². The molecule has 1 amide bonds. The molecule has 0 saturated carbocycles. The van der Waals surface area contributed by atoms with Gasteiger partial charge in [-0.05, 0) is 43.3 Å². The lowest BCUT2D eigenvalue weighted by molar-refractivity contribution is -0.123. The van der Waals surface area contributed by atoms with Gasteiger partial charge in [-0.2, -0.15) is 5.26 Å². The first-order chi connectivity index (χ1) is 11.8. The van der Waals surface area contributed by atoms with E-state index in [1.807, 2.05) is 6.07 Å². The zero-order valence-corrected chi connectivity index (χ0v) is 13.8. The van der Waals surface area contributed by atoms with Gasteiger partial charge in [0.2, 0.25) is 0 Å². The predicted octanol–water partition coefficient (Wildman–Crippen LogP) is 3.12. The summed E-state index contributed by atoms with van der Waals surface area (Å²) in [7, 11) is 0. The van der Waals surface area contributed by atoms with Crippen molar-refractivity contribution in [2.24, 2.45) is 0 Å². The Morgan fingerprint density at radius 1 is 1.32 bits per heavy atom. The quantitative estimate of drug-likeness (QED) is 0.643. The number of nitrogens with zero attached hydrogens (tertiary/aromatic N) is 1. The largest absolute Gasteiger partial charge is 0.449 e. The molecule has 25 heavy (non-hydrogen) atoms. The molecule has 0 unspecified atom stereocenters. The number of rotatable bonds is 4. The number of esters is 1. The van der Waals surface area contributed by atoms with E-state index in [0.29, 0.717) is 5.69 Å². The molecule has 2 rings (SSSR count). The fraction of sp³-hybridized carbons (Fsp3) is 0.118. The van der Waals surface area contributed by atoms with Crippen LogP contribution in [-0.2, 0) is 9.53 Å². The van der Waals surface area contributed by atoms with Crippen molar-refractivity contribution >= 4 is 34.9 Å². The minimum Gasteiger partial charge on any atom is -0.449 e. The smallest absolute Gasteiger partial charge is 0.341 e. The SMILES string of the molecule is C[C@H](OC(=O)c1ccc(F)cc1N)C(=O)Nc1ccc(C#N)c(Cl)c1. The van der Waals surface area contributed by atoms with Crippen molar-refractivity contribution in [1.82, 2.24) is 0 Å². The molecule has 0 heterocycles. The van der Waals surface area contributed by atoms with Crippen LogP contribution in [0.2, 0.25) is 5.02 Å². The van der Waals surface area contributed by atoms with Crippen molar-refractivity contribution in [3.63, 3.8) is 0 Å². The van der Waals surface area contributed by atoms with Crippen LogP contribution in [0.4, 0.5) is 15.8 Å².